The number of hydrogen-bond acceptors (Lipinski definition) is 6. The standard InChI is InChI=1S/C26H30N4O4S/c1-19(2)26(12-13-26)21-10-8-20(9-11-21)17-30(35(33,34)23-6-4-14-27-15-23)18-22-5-3-7-24(29-22)28-16-25(31)32/h3-11,14-15,19H,12-13,16-18H2,1-2H3,(H,28,29)(H,31,32). The zero-order chi connectivity index (χ0) is 25.1. The summed E-state index contributed by atoms with van der Waals surface area (Å²) in [7, 11) is -3.86. The van der Waals surface area contributed by atoms with Gasteiger partial charge in [-0.15, -0.1) is 0 Å². The number of benzene rings is 1. The summed E-state index contributed by atoms with van der Waals surface area (Å²) in [6, 6.07) is 16.4. The molecule has 0 spiro atoms. The number of carboxylic acid groups (broad SMARTS) is 1. The summed E-state index contributed by atoms with van der Waals surface area (Å²) in [5.41, 5.74) is 2.92. The van der Waals surface area contributed by atoms with Gasteiger partial charge in [-0.25, -0.2) is 13.4 Å². The lowest BCUT2D eigenvalue weighted by atomic mass is 9.85. The number of pyridine rings is 2. The van der Waals surface area contributed by atoms with E-state index in [2.05, 4.69) is 41.3 Å². The van der Waals surface area contributed by atoms with Gasteiger partial charge >= 0.3 is 5.97 Å². The fourth-order valence-corrected chi connectivity index (χ4v) is 5.73. The number of carboxylic acids is 1. The number of aliphatic carboxylic acids is 1. The summed E-state index contributed by atoms with van der Waals surface area (Å²) < 4.78 is 28.4. The number of rotatable bonds is 11. The number of nitrogens with one attached hydrogen (secondary N) is 1. The van der Waals surface area contributed by atoms with E-state index in [4.69, 9.17) is 5.11 Å². The quantitative estimate of drug-likeness (QED) is 0.413. The SMILES string of the molecule is CC(C)C1(c2ccc(CN(Cc3cccc(NCC(=O)O)n3)S(=O)(=O)c3cccnc3)cc2)CC1. The van der Waals surface area contributed by atoms with Crippen LogP contribution in [0.15, 0.2) is 71.9 Å². The highest BCUT2D eigenvalue weighted by Crippen LogP contribution is 2.53. The van der Waals surface area contributed by atoms with Crippen LogP contribution >= 0.6 is 0 Å². The zero-order valence-corrected chi connectivity index (χ0v) is 20.7. The van der Waals surface area contributed by atoms with Crippen molar-refractivity contribution in [2.75, 3.05) is 11.9 Å². The van der Waals surface area contributed by atoms with Gasteiger partial charge in [-0.3, -0.25) is 9.78 Å². The minimum atomic E-state index is -3.86. The Bertz CT molecular complexity index is 1270. The van der Waals surface area contributed by atoms with Crippen LogP contribution in [0.1, 0.15) is 43.5 Å². The first-order chi connectivity index (χ1) is 16.7. The highest BCUT2D eigenvalue weighted by molar-refractivity contribution is 7.89. The van der Waals surface area contributed by atoms with E-state index < -0.39 is 16.0 Å². The highest BCUT2D eigenvalue weighted by atomic mass is 32.2. The van der Waals surface area contributed by atoms with Crippen molar-refractivity contribution in [2.45, 2.75) is 50.1 Å². The lowest BCUT2D eigenvalue weighted by Gasteiger charge is -2.23. The lowest BCUT2D eigenvalue weighted by Crippen LogP contribution is -2.31. The smallest absolute Gasteiger partial charge is 0.322 e. The number of sulfonamides is 1. The molecule has 0 aliphatic heterocycles. The summed E-state index contributed by atoms with van der Waals surface area (Å²) in [4.78, 5) is 19.4. The van der Waals surface area contributed by atoms with E-state index >= 15 is 0 Å². The highest BCUT2D eigenvalue weighted by Gasteiger charge is 2.46. The van der Waals surface area contributed by atoms with Crippen LogP contribution in [0.25, 0.3) is 0 Å². The maximum Gasteiger partial charge on any atom is 0.322 e. The Kier molecular flexibility index (Phi) is 7.18. The van der Waals surface area contributed by atoms with E-state index in [0.717, 1.165) is 5.56 Å². The Morgan fingerprint density at radius 2 is 1.83 bits per heavy atom. The molecule has 1 aromatic carbocycles. The van der Waals surface area contributed by atoms with Crippen LogP contribution in [0.4, 0.5) is 5.82 Å². The molecule has 0 radical (unpaired) electrons. The van der Waals surface area contributed by atoms with Gasteiger partial charge in [0.05, 0.1) is 12.2 Å². The van der Waals surface area contributed by atoms with Crippen molar-refractivity contribution >= 4 is 21.8 Å². The van der Waals surface area contributed by atoms with E-state index in [1.165, 1.54) is 41.2 Å². The molecule has 1 aliphatic rings. The van der Waals surface area contributed by atoms with Crippen LogP contribution in [0, 0.1) is 5.92 Å². The molecular weight excluding hydrogens is 464 g/mol. The minimum absolute atomic E-state index is 0.0253. The van der Waals surface area contributed by atoms with Crippen LogP contribution in [0.3, 0.4) is 0 Å². The first-order valence-corrected chi connectivity index (χ1v) is 13.1. The van der Waals surface area contributed by atoms with E-state index in [-0.39, 0.29) is 29.9 Å². The molecule has 35 heavy (non-hydrogen) atoms. The topological polar surface area (TPSA) is 112 Å². The molecule has 0 unspecified atom stereocenters. The van der Waals surface area contributed by atoms with Gasteiger partial charge in [-0.2, -0.15) is 4.31 Å². The lowest BCUT2D eigenvalue weighted by molar-refractivity contribution is -0.134. The number of nitrogens with zero attached hydrogens (tertiary/aromatic N) is 3. The van der Waals surface area contributed by atoms with Gasteiger partial charge in [0.1, 0.15) is 17.3 Å². The second-order valence-electron chi connectivity index (χ2n) is 9.23. The normalized spacial score (nSPS) is 14.7. The molecule has 1 fully saturated rings. The predicted molar refractivity (Wildman–Crippen MR) is 133 cm³/mol. The molecule has 3 aromatic rings. The molecule has 9 heteroatoms. The average Bonchev–Trinajstić information content (AvgIpc) is 3.66. The Balaban J connectivity index is 1.60. The van der Waals surface area contributed by atoms with Crippen LogP contribution in [-0.2, 0) is 33.3 Å². The van der Waals surface area contributed by atoms with Gasteiger partial charge in [0.15, 0.2) is 0 Å². The Labute approximate surface area is 206 Å². The fourth-order valence-electron chi connectivity index (χ4n) is 4.37. The van der Waals surface area contributed by atoms with Crippen molar-refractivity contribution in [3.63, 3.8) is 0 Å². The van der Waals surface area contributed by atoms with Crippen molar-refractivity contribution in [3.05, 3.63) is 83.8 Å². The van der Waals surface area contributed by atoms with E-state index in [1.54, 1.807) is 24.3 Å². The van der Waals surface area contributed by atoms with Gasteiger partial charge in [0, 0.05) is 18.9 Å². The van der Waals surface area contributed by atoms with Crippen LogP contribution in [-0.4, -0.2) is 40.3 Å². The summed E-state index contributed by atoms with van der Waals surface area (Å²) in [6.07, 6.45) is 5.24. The van der Waals surface area contributed by atoms with Crippen LogP contribution < -0.4 is 5.32 Å². The summed E-state index contributed by atoms with van der Waals surface area (Å²) in [6.45, 7) is 4.40. The van der Waals surface area contributed by atoms with Crippen molar-refractivity contribution in [1.29, 1.82) is 0 Å². The average molecular weight is 495 g/mol. The van der Waals surface area contributed by atoms with Gasteiger partial charge in [-0.05, 0) is 59.6 Å². The Morgan fingerprint density at radius 1 is 1.09 bits per heavy atom. The van der Waals surface area contributed by atoms with E-state index in [0.29, 0.717) is 17.4 Å². The molecular formula is C26H30N4O4S. The molecule has 2 N–H and O–H groups in total. The molecule has 0 amide bonds. The van der Waals surface area contributed by atoms with Gasteiger partial charge < -0.3 is 10.4 Å². The molecule has 1 saturated carbocycles. The summed E-state index contributed by atoms with van der Waals surface area (Å²) in [5, 5.41) is 11.6. The third-order valence-electron chi connectivity index (χ3n) is 6.62. The maximum atomic E-state index is 13.5. The van der Waals surface area contributed by atoms with Crippen LogP contribution in [0.5, 0.6) is 0 Å². The number of aromatic nitrogens is 2. The van der Waals surface area contributed by atoms with Gasteiger partial charge in [-0.1, -0.05) is 44.2 Å². The minimum Gasteiger partial charge on any atom is -0.480 e. The molecule has 0 atom stereocenters. The van der Waals surface area contributed by atoms with Crippen LogP contribution in [0.2, 0.25) is 0 Å². The third kappa shape index (κ3) is 5.68. The summed E-state index contributed by atoms with van der Waals surface area (Å²) in [5.74, 6) is -0.0767. The number of anilines is 1. The molecule has 184 valence electrons. The number of hydrogen-bond donors (Lipinski definition) is 2. The van der Waals surface area contributed by atoms with Crippen molar-refractivity contribution in [2.24, 2.45) is 5.92 Å². The Hall–Kier alpha value is -3.30. The first kappa shape index (κ1) is 24.8. The molecule has 8 nitrogen and oxygen atoms in total. The third-order valence-corrected chi connectivity index (χ3v) is 8.39. The molecule has 4 rings (SSSR count). The summed E-state index contributed by atoms with van der Waals surface area (Å²) >= 11 is 0. The monoisotopic (exact) mass is 494 g/mol. The second-order valence-corrected chi connectivity index (χ2v) is 11.2. The first-order valence-electron chi connectivity index (χ1n) is 11.6. The molecule has 0 saturated heterocycles. The van der Waals surface area contributed by atoms with Crippen molar-refractivity contribution < 1.29 is 18.3 Å². The van der Waals surface area contributed by atoms with Crippen molar-refractivity contribution in [3.8, 4) is 0 Å². The van der Waals surface area contributed by atoms with E-state index in [1.807, 2.05) is 12.1 Å². The maximum absolute atomic E-state index is 13.5. The predicted octanol–water partition coefficient (Wildman–Crippen LogP) is 4.05. The largest absolute Gasteiger partial charge is 0.480 e. The zero-order valence-electron chi connectivity index (χ0n) is 19.9. The molecule has 1 aliphatic carbocycles. The number of carbonyl (C=O) groups is 1. The Morgan fingerprint density at radius 3 is 2.43 bits per heavy atom. The van der Waals surface area contributed by atoms with E-state index in [9.17, 15) is 13.2 Å². The molecule has 2 aromatic heterocycles. The fraction of sp³-hybridized carbons (Fsp3) is 0.346. The van der Waals surface area contributed by atoms with Gasteiger partial charge in [0.2, 0.25) is 10.0 Å². The molecule has 0 bridgehead atoms. The van der Waals surface area contributed by atoms with Crippen molar-refractivity contribution in [1.82, 2.24) is 14.3 Å². The second kappa shape index (κ2) is 10.1. The van der Waals surface area contributed by atoms with Gasteiger partial charge in [0.25, 0.3) is 0 Å². The molecule has 2 heterocycles.